The second kappa shape index (κ2) is 8.65. The fourth-order valence-electron chi connectivity index (χ4n) is 6.18. The van der Waals surface area contributed by atoms with Crippen LogP contribution in [0, 0.1) is 0 Å². The van der Waals surface area contributed by atoms with Crippen LogP contribution in [0.25, 0.3) is 65.0 Å². The van der Waals surface area contributed by atoms with Gasteiger partial charge < -0.3 is 9.32 Å². The molecule has 4 heteroatoms. The van der Waals surface area contributed by atoms with Crippen molar-refractivity contribution in [2.24, 2.45) is 0 Å². The molecule has 0 N–H and O–H groups in total. The number of aromatic nitrogens is 1. The summed E-state index contributed by atoms with van der Waals surface area (Å²) in [7, 11) is 0. The highest BCUT2D eigenvalue weighted by molar-refractivity contribution is 7.19. The summed E-state index contributed by atoms with van der Waals surface area (Å²) in [6.45, 7) is 0. The molecule has 0 bridgehead atoms. The van der Waals surface area contributed by atoms with E-state index in [1.807, 2.05) is 18.2 Å². The van der Waals surface area contributed by atoms with Gasteiger partial charge in [-0.15, -0.1) is 11.3 Å². The Balaban J connectivity index is 1.26. The van der Waals surface area contributed by atoms with Crippen LogP contribution in [0.4, 0.5) is 17.1 Å². The van der Waals surface area contributed by atoms with Crippen molar-refractivity contribution in [2.45, 2.75) is 0 Å². The van der Waals surface area contributed by atoms with E-state index in [4.69, 9.17) is 9.40 Å². The van der Waals surface area contributed by atoms with Gasteiger partial charge in [0.05, 0.1) is 10.6 Å². The lowest BCUT2D eigenvalue weighted by Gasteiger charge is -2.26. The number of hydrogen-bond donors (Lipinski definition) is 0. The maximum atomic E-state index is 6.30. The number of nitrogens with zero attached hydrogens (tertiary/aromatic N) is 2. The van der Waals surface area contributed by atoms with Gasteiger partial charge in [-0.2, -0.15) is 0 Å². The van der Waals surface area contributed by atoms with Gasteiger partial charge in [0.2, 0.25) is 0 Å². The van der Waals surface area contributed by atoms with Crippen LogP contribution in [0.15, 0.2) is 138 Å². The summed E-state index contributed by atoms with van der Waals surface area (Å²) in [5.41, 5.74) is 9.74. The molecule has 1 aliphatic rings. The maximum Gasteiger partial charge on any atom is 0.137 e. The molecule has 3 nitrogen and oxygen atoms in total. The molecule has 2 heterocycles. The first-order valence-electron chi connectivity index (χ1n) is 13.7. The van der Waals surface area contributed by atoms with E-state index >= 15 is 0 Å². The third-order valence-corrected chi connectivity index (χ3v) is 9.14. The number of anilines is 3. The van der Waals surface area contributed by atoms with Gasteiger partial charge in [-0.05, 0) is 53.2 Å². The zero-order chi connectivity index (χ0) is 26.9. The molecule has 1 aliphatic carbocycles. The van der Waals surface area contributed by atoms with E-state index in [0.717, 1.165) is 55.3 Å². The predicted molar refractivity (Wildman–Crippen MR) is 171 cm³/mol. The van der Waals surface area contributed by atoms with Crippen molar-refractivity contribution in [3.63, 3.8) is 0 Å². The summed E-state index contributed by atoms with van der Waals surface area (Å²) in [6, 6.07) is 47.0. The predicted octanol–water partition coefficient (Wildman–Crippen LogP) is 11.0. The Bertz CT molecular complexity index is 2260. The third kappa shape index (κ3) is 3.41. The second-order valence-corrected chi connectivity index (χ2v) is 11.4. The summed E-state index contributed by atoms with van der Waals surface area (Å²) in [6.07, 6.45) is 0. The average Bonchev–Trinajstić information content (AvgIpc) is 3.71. The van der Waals surface area contributed by atoms with Crippen molar-refractivity contribution in [1.82, 2.24) is 4.98 Å². The van der Waals surface area contributed by atoms with E-state index < -0.39 is 0 Å². The molecule has 9 rings (SSSR count). The first-order chi connectivity index (χ1) is 20.3. The quantitative estimate of drug-likeness (QED) is 0.221. The first kappa shape index (κ1) is 22.6. The SMILES string of the molecule is c1ccc(-c2nc3c(s2)-c2cc(N(c4ccccc4)c4ccc5c(c4)oc4ccccc45)cc4cccc-3c24)cc1. The topological polar surface area (TPSA) is 29.3 Å². The zero-order valence-corrected chi connectivity index (χ0v) is 22.7. The molecule has 0 radical (unpaired) electrons. The smallest absolute Gasteiger partial charge is 0.137 e. The van der Waals surface area contributed by atoms with Gasteiger partial charge in [0.15, 0.2) is 0 Å². The van der Waals surface area contributed by atoms with Crippen molar-refractivity contribution in [3.05, 3.63) is 133 Å². The molecule has 0 unspecified atom stereocenters. The number of rotatable bonds is 4. The zero-order valence-electron chi connectivity index (χ0n) is 21.9. The molecule has 0 spiro atoms. The Labute approximate surface area is 240 Å². The van der Waals surface area contributed by atoms with Crippen molar-refractivity contribution in [3.8, 4) is 32.3 Å². The van der Waals surface area contributed by atoms with Gasteiger partial charge in [0.25, 0.3) is 0 Å². The molecule has 0 aliphatic heterocycles. The summed E-state index contributed by atoms with van der Waals surface area (Å²) in [5, 5.41) is 5.82. The van der Waals surface area contributed by atoms with Gasteiger partial charge in [-0.25, -0.2) is 4.98 Å². The lowest BCUT2D eigenvalue weighted by atomic mass is 10.0. The summed E-state index contributed by atoms with van der Waals surface area (Å²) in [4.78, 5) is 8.70. The first-order valence-corrected chi connectivity index (χ1v) is 14.5. The molecular formula is C37H22N2OS. The normalized spacial score (nSPS) is 11.9. The number of para-hydroxylation sites is 2. The Morgan fingerprint density at radius 3 is 2.22 bits per heavy atom. The minimum absolute atomic E-state index is 0.884. The van der Waals surface area contributed by atoms with Crippen LogP contribution in [0.5, 0.6) is 0 Å². The molecular weight excluding hydrogens is 520 g/mol. The number of fused-ring (bicyclic) bond motifs is 6. The Morgan fingerprint density at radius 1 is 0.561 bits per heavy atom. The van der Waals surface area contributed by atoms with Crippen molar-refractivity contribution < 1.29 is 4.42 Å². The Kier molecular flexibility index (Phi) is 4.77. The molecule has 192 valence electrons. The number of hydrogen-bond acceptors (Lipinski definition) is 4. The van der Waals surface area contributed by atoms with Gasteiger partial charge in [0.1, 0.15) is 16.2 Å². The minimum atomic E-state index is 0.884. The lowest BCUT2D eigenvalue weighted by Crippen LogP contribution is -2.09. The third-order valence-electron chi connectivity index (χ3n) is 8.00. The van der Waals surface area contributed by atoms with E-state index in [-0.39, 0.29) is 0 Å². The van der Waals surface area contributed by atoms with Gasteiger partial charge in [-0.3, -0.25) is 0 Å². The van der Waals surface area contributed by atoms with E-state index in [9.17, 15) is 0 Å². The number of benzene rings is 6. The minimum Gasteiger partial charge on any atom is -0.456 e. The number of furan rings is 1. The van der Waals surface area contributed by atoms with E-state index in [0.29, 0.717) is 0 Å². The maximum absolute atomic E-state index is 6.30. The van der Waals surface area contributed by atoms with Crippen LogP contribution in [0.1, 0.15) is 0 Å². The van der Waals surface area contributed by atoms with Crippen molar-refractivity contribution >= 4 is 61.1 Å². The largest absolute Gasteiger partial charge is 0.456 e. The lowest BCUT2D eigenvalue weighted by molar-refractivity contribution is 0.669. The second-order valence-electron chi connectivity index (χ2n) is 10.4. The van der Waals surface area contributed by atoms with Crippen LogP contribution in [0.3, 0.4) is 0 Å². The highest BCUT2D eigenvalue weighted by atomic mass is 32.1. The van der Waals surface area contributed by atoms with Crippen LogP contribution in [-0.2, 0) is 0 Å². The highest BCUT2D eigenvalue weighted by Crippen LogP contribution is 2.53. The van der Waals surface area contributed by atoms with E-state index in [2.05, 4.69) is 120 Å². The molecule has 41 heavy (non-hydrogen) atoms. The fourth-order valence-corrected chi connectivity index (χ4v) is 7.29. The molecule has 0 saturated carbocycles. The molecule has 0 atom stereocenters. The van der Waals surface area contributed by atoms with Crippen LogP contribution in [0.2, 0.25) is 0 Å². The fraction of sp³-hybridized carbons (Fsp3) is 0. The van der Waals surface area contributed by atoms with Gasteiger partial charge >= 0.3 is 0 Å². The van der Waals surface area contributed by atoms with E-state index in [1.54, 1.807) is 11.3 Å². The highest BCUT2D eigenvalue weighted by Gasteiger charge is 2.28. The summed E-state index contributed by atoms with van der Waals surface area (Å²) < 4.78 is 6.30. The molecule has 2 aromatic heterocycles. The van der Waals surface area contributed by atoms with Crippen molar-refractivity contribution in [2.75, 3.05) is 4.90 Å². The van der Waals surface area contributed by atoms with Gasteiger partial charge in [-0.1, -0.05) is 84.9 Å². The van der Waals surface area contributed by atoms with Crippen LogP contribution < -0.4 is 4.90 Å². The van der Waals surface area contributed by atoms with Crippen LogP contribution in [-0.4, -0.2) is 4.98 Å². The molecule has 6 aromatic carbocycles. The molecule has 0 fully saturated rings. The molecule has 0 amide bonds. The van der Waals surface area contributed by atoms with Gasteiger partial charge in [0, 0.05) is 50.6 Å². The molecule has 0 saturated heterocycles. The standard InChI is InChI=1S/C37H22N2OS/c1-3-10-23(11-4-1)37-38-35-30-16-9-12-24-20-27(21-31(34(24)30)36(35)41-37)39(25-13-5-2-6-14-25)26-18-19-29-28-15-7-8-17-32(28)40-33(29)22-26/h1-22H. The Morgan fingerprint density at radius 2 is 1.34 bits per heavy atom. The average molecular weight is 543 g/mol. The molecule has 8 aromatic rings. The summed E-state index contributed by atoms with van der Waals surface area (Å²) in [5.74, 6) is 0. The monoisotopic (exact) mass is 542 g/mol. The van der Waals surface area contributed by atoms with Crippen molar-refractivity contribution in [1.29, 1.82) is 0 Å². The summed E-state index contributed by atoms with van der Waals surface area (Å²) >= 11 is 1.78. The Hall–Kier alpha value is -5.19. The van der Waals surface area contributed by atoms with Crippen LogP contribution >= 0.6 is 11.3 Å². The number of thiazole rings is 1. The van der Waals surface area contributed by atoms with E-state index in [1.165, 1.54) is 26.8 Å².